The largest absolute Gasteiger partial charge is 0.365 e. The van der Waals surface area contributed by atoms with Gasteiger partial charge in [0.15, 0.2) is 0 Å². The molecule has 1 aliphatic rings. The summed E-state index contributed by atoms with van der Waals surface area (Å²) in [5.41, 5.74) is 4.66. The average molecular weight is 401 g/mol. The lowest BCUT2D eigenvalue weighted by Gasteiger charge is -2.30. The fraction of sp³-hybridized carbons (Fsp3) is 0.167. The summed E-state index contributed by atoms with van der Waals surface area (Å²) in [6.45, 7) is 2.35. The molecule has 0 bridgehead atoms. The van der Waals surface area contributed by atoms with Crippen LogP contribution in [0.25, 0.3) is 10.9 Å². The van der Waals surface area contributed by atoms with Crippen molar-refractivity contribution in [3.8, 4) is 0 Å². The first-order chi connectivity index (χ1) is 14.3. The molecule has 2 heterocycles. The second kappa shape index (κ2) is 7.72. The van der Waals surface area contributed by atoms with E-state index in [4.69, 9.17) is 21.6 Å². The molecule has 1 aliphatic heterocycles. The molecule has 0 aliphatic carbocycles. The van der Waals surface area contributed by atoms with Crippen LogP contribution in [0.15, 0.2) is 72.8 Å². The van der Waals surface area contributed by atoms with Gasteiger partial charge in [0.25, 0.3) is 0 Å². The zero-order valence-corrected chi connectivity index (χ0v) is 16.7. The maximum Gasteiger partial charge on any atom is 0.228 e. The average Bonchev–Trinajstić information content (AvgIpc) is 2.78. The lowest BCUT2D eigenvalue weighted by Crippen LogP contribution is -2.32. The molecule has 0 unspecified atom stereocenters. The van der Waals surface area contributed by atoms with E-state index in [1.165, 1.54) is 16.7 Å². The molecule has 0 saturated heterocycles. The molecule has 3 aromatic carbocycles. The highest BCUT2D eigenvalue weighted by Gasteiger charge is 2.21. The van der Waals surface area contributed by atoms with Crippen molar-refractivity contribution in [1.82, 2.24) is 9.97 Å². The maximum absolute atomic E-state index is 6.38. The highest BCUT2D eigenvalue weighted by atomic mass is 35.5. The quantitative estimate of drug-likeness (QED) is 0.494. The van der Waals surface area contributed by atoms with Crippen molar-refractivity contribution in [2.75, 3.05) is 16.8 Å². The third kappa shape index (κ3) is 3.64. The molecule has 144 valence electrons. The van der Waals surface area contributed by atoms with E-state index in [-0.39, 0.29) is 0 Å². The number of benzene rings is 3. The van der Waals surface area contributed by atoms with Crippen molar-refractivity contribution in [1.29, 1.82) is 0 Å². The van der Waals surface area contributed by atoms with Gasteiger partial charge in [-0.05, 0) is 41.3 Å². The lowest BCUT2D eigenvalue weighted by molar-refractivity contribution is 0.710. The van der Waals surface area contributed by atoms with Gasteiger partial charge < -0.3 is 10.2 Å². The highest BCUT2D eigenvalue weighted by Crippen LogP contribution is 2.30. The van der Waals surface area contributed by atoms with E-state index in [1.54, 1.807) is 0 Å². The van der Waals surface area contributed by atoms with Crippen LogP contribution < -0.4 is 10.2 Å². The standard InChI is InChI=1S/C24H21ClN4/c25-21-11-6-9-18-16-29(14-13-19(18)21)24-27-22-12-5-4-10-20(22)23(28-24)26-15-17-7-2-1-3-8-17/h1-12H,13-16H2,(H,26,27,28). The number of fused-ring (bicyclic) bond motifs is 2. The van der Waals surface area contributed by atoms with Crippen LogP contribution in [0.2, 0.25) is 5.02 Å². The van der Waals surface area contributed by atoms with Gasteiger partial charge in [-0.1, -0.05) is 66.2 Å². The van der Waals surface area contributed by atoms with Crippen molar-refractivity contribution in [2.24, 2.45) is 0 Å². The Morgan fingerprint density at radius 1 is 0.897 bits per heavy atom. The Hall–Kier alpha value is -3.11. The normalized spacial score (nSPS) is 13.3. The number of aromatic nitrogens is 2. The number of halogens is 1. The van der Waals surface area contributed by atoms with Crippen LogP contribution in [0, 0.1) is 0 Å². The molecule has 0 radical (unpaired) electrons. The van der Waals surface area contributed by atoms with E-state index in [1.807, 2.05) is 36.4 Å². The molecular formula is C24H21ClN4. The van der Waals surface area contributed by atoms with Gasteiger partial charge in [0.1, 0.15) is 5.82 Å². The summed E-state index contributed by atoms with van der Waals surface area (Å²) in [4.78, 5) is 12.0. The van der Waals surface area contributed by atoms with Crippen molar-refractivity contribution >= 4 is 34.3 Å². The number of rotatable bonds is 4. The summed E-state index contributed by atoms with van der Waals surface area (Å²) in [6, 6.07) is 24.6. The van der Waals surface area contributed by atoms with Crippen LogP contribution in [0.5, 0.6) is 0 Å². The third-order valence-electron chi connectivity index (χ3n) is 5.39. The van der Waals surface area contributed by atoms with Crippen molar-refractivity contribution < 1.29 is 0 Å². The number of para-hydroxylation sites is 1. The summed E-state index contributed by atoms with van der Waals surface area (Å²) < 4.78 is 0. The molecule has 0 spiro atoms. The maximum atomic E-state index is 6.38. The van der Waals surface area contributed by atoms with Crippen LogP contribution in [0.4, 0.5) is 11.8 Å². The number of nitrogens with zero attached hydrogens (tertiary/aromatic N) is 3. The SMILES string of the molecule is Clc1cccc2c1CCN(c1nc(NCc3ccccc3)c3ccccc3n1)C2. The summed E-state index contributed by atoms with van der Waals surface area (Å²) in [5.74, 6) is 1.62. The fourth-order valence-electron chi connectivity index (χ4n) is 3.86. The molecule has 1 N–H and O–H groups in total. The minimum absolute atomic E-state index is 0.722. The molecule has 4 nitrogen and oxygen atoms in total. The van der Waals surface area contributed by atoms with Crippen LogP contribution >= 0.6 is 11.6 Å². The van der Waals surface area contributed by atoms with E-state index < -0.39 is 0 Å². The molecule has 0 atom stereocenters. The van der Waals surface area contributed by atoms with Crippen LogP contribution in [-0.2, 0) is 19.5 Å². The van der Waals surface area contributed by atoms with E-state index in [9.17, 15) is 0 Å². The Balaban J connectivity index is 1.48. The van der Waals surface area contributed by atoms with Gasteiger partial charge in [-0.3, -0.25) is 0 Å². The van der Waals surface area contributed by atoms with E-state index in [0.717, 1.165) is 53.7 Å². The predicted molar refractivity (Wildman–Crippen MR) is 120 cm³/mol. The molecule has 0 fully saturated rings. The van der Waals surface area contributed by atoms with Gasteiger partial charge in [0.2, 0.25) is 5.95 Å². The van der Waals surface area contributed by atoms with E-state index >= 15 is 0 Å². The Kier molecular flexibility index (Phi) is 4.78. The second-order valence-corrected chi connectivity index (χ2v) is 7.68. The zero-order valence-electron chi connectivity index (χ0n) is 16.0. The number of anilines is 2. The first-order valence-electron chi connectivity index (χ1n) is 9.84. The van der Waals surface area contributed by atoms with Crippen LogP contribution in [0.3, 0.4) is 0 Å². The first kappa shape index (κ1) is 18.0. The fourth-order valence-corrected chi connectivity index (χ4v) is 4.14. The highest BCUT2D eigenvalue weighted by molar-refractivity contribution is 6.31. The number of hydrogen-bond acceptors (Lipinski definition) is 4. The molecule has 1 aromatic heterocycles. The van der Waals surface area contributed by atoms with Crippen LogP contribution in [-0.4, -0.2) is 16.5 Å². The van der Waals surface area contributed by atoms with E-state index in [0.29, 0.717) is 0 Å². The molecule has 4 aromatic rings. The Labute approximate surface area is 175 Å². The Morgan fingerprint density at radius 2 is 1.72 bits per heavy atom. The Bertz CT molecular complexity index is 1160. The van der Waals surface area contributed by atoms with Crippen molar-refractivity contribution in [3.05, 3.63) is 94.5 Å². The summed E-state index contributed by atoms with van der Waals surface area (Å²) in [7, 11) is 0. The summed E-state index contributed by atoms with van der Waals surface area (Å²) in [6.07, 6.45) is 0.901. The van der Waals surface area contributed by atoms with E-state index in [2.05, 4.69) is 46.6 Å². The predicted octanol–water partition coefficient (Wildman–Crippen LogP) is 5.46. The third-order valence-corrected chi connectivity index (χ3v) is 5.74. The van der Waals surface area contributed by atoms with Gasteiger partial charge >= 0.3 is 0 Å². The second-order valence-electron chi connectivity index (χ2n) is 7.28. The topological polar surface area (TPSA) is 41.1 Å². The molecule has 29 heavy (non-hydrogen) atoms. The van der Waals surface area contributed by atoms with Crippen LogP contribution in [0.1, 0.15) is 16.7 Å². The van der Waals surface area contributed by atoms with Gasteiger partial charge in [-0.2, -0.15) is 4.98 Å². The van der Waals surface area contributed by atoms with Crippen molar-refractivity contribution in [3.63, 3.8) is 0 Å². The van der Waals surface area contributed by atoms with Gasteiger partial charge in [0.05, 0.1) is 5.52 Å². The molecular weight excluding hydrogens is 380 g/mol. The Morgan fingerprint density at radius 3 is 2.62 bits per heavy atom. The molecule has 5 heteroatoms. The molecule has 0 amide bonds. The minimum atomic E-state index is 0.722. The molecule has 0 saturated carbocycles. The number of hydrogen-bond donors (Lipinski definition) is 1. The summed E-state index contributed by atoms with van der Waals surface area (Å²) in [5, 5.41) is 5.40. The zero-order chi connectivity index (χ0) is 19.6. The lowest BCUT2D eigenvalue weighted by atomic mass is 10.00. The van der Waals surface area contributed by atoms with Crippen molar-refractivity contribution in [2.45, 2.75) is 19.5 Å². The van der Waals surface area contributed by atoms with Gasteiger partial charge in [-0.15, -0.1) is 0 Å². The summed E-state index contributed by atoms with van der Waals surface area (Å²) >= 11 is 6.38. The smallest absolute Gasteiger partial charge is 0.228 e. The van der Waals surface area contributed by atoms with Gasteiger partial charge in [0, 0.05) is 30.0 Å². The van der Waals surface area contributed by atoms with Gasteiger partial charge in [-0.25, -0.2) is 4.98 Å². The monoisotopic (exact) mass is 400 g/mol. The first-order valence-corrected chi connectivity index (χ1v) is 10.2. The molecule has 5 rings (SSSR count). The minimum Gasteiger partial charge on any atom is -0.365 e. The number of nitrogens with one attached hydrogen (secondary N) is 1.